The molecule has 0 unspecified atom stereocenters. The van der Waals surface area contributed by atoms with Gasteiger partial charge in [-0.15, -0.1) is 10.2 Å². The van der Waals surface area contributed by atoms with Crippen LogP contribution >= 0.6 is 0 Å². The molecule has 0 saturated carbocycles. The van der Waals surface area contributed by atoms with Gasteiger partial charge in [-0.2, -0.15) is 4.80 Å². The van der Waals surface area contributed by atoms with Gasteiger partial charge in [-0.25, -0.2) is 0 Å². The summed E-state index contributed by atoms with van der Waals surface area (Å²) >= 11 is 0. The second kappa shape index (κ2) is 3.97. The van der Waals surface area contributed by atoms with Gasteiger partial charge in [0.15, 0.2) is 6.54 Å². The van der Waals surface area contributed by atoms with Crippen LogP contribution in [0.4, 0.5) is 0 Å². The highest BCUT2D eigenvalue weighted by Gasteiger charge is 2.10. The summed E-state index contributed by atoms with van der Waals surface area (Å²) in [4.78, 5) is 11.4. The Hall–Kier alpha value is -2.44. The maximum Gasteiger partial charge on any atom is 0.327 e. The van der Waals surface area contributed by atoms with Crippen LogP contribution in [0.25, 0.3) is 11.4 Å². The molecule has 0 aliphatic heterocycles. The van der Waals surface area contributed by atoms with Gasteiger partial charge >= 0.3 is 5.97 Å². The zero-order valence-electron chi connectivity index (χ0n) is 8.11. The van der Waals surface area contributed by atoms with E-state index in [0.29, 0.717) is 5.56 Å². The van der Waals surface area contributed by atoms with Crippen LogP contribution in [-0.2, 0) is 11.3 Å². The monoisotopic (exact) mass is 220 g/mol. The molecule has 0 amide bonds. The largest absolute Gasteiger partial charge is 0.507 e. The van der Waals surface area contributed by atoms with E-state index in [1.165, 1.54) is 6.07 Å². The maximum atomic E-state index is 10.4. The van der Waals surface area contributed by atoms with Gasteiger partial charge < -0.3 is 10.2 Å². The zero-order valence-corrected chi connectivity index (χ0v) is 8.11. The summed E-state index contributed by atoms with van der Waals surface area (Å²) in [5.41, 5.74) is 0.416. The zero-order chi connectivity index (χ0) is 11.5. The summed E-state index contributed by atoms with van der Waals surface area (Å²) in [6.45, 7) is -0.361. The number of para-hydroxylation sites is 1. The molecule has 0 saturated heterocycles. The number of phenols is 1. The summed E-state index contributed by atoms with van der Waals surface area (Å²) in [6, 6.07) is 6.50. The van der Waals surface area contributed by atoms with Gasteiger partial charge in [0.2, 0.25) is 5.82 Å². The number of aliphatic carboxylic acids is 1. The Labute approximate surface area is 90.0 Å². The summed E-state index contributed by atoms with van der Waals surface area (Å²) in [5.74, 6) is -0.835. The fourth-order valence-electron chi connectivity index (χ4n) is 1.20. The normalized spacial score (nSPS) is 10.2. The number of aromatic nitrogens is 4. The van der Waals surface area contributed by atoms with Crippen molar-refractivity contribution in [2.24, 2.45) is 0 Å². The number of nitrogens with zero attached hydrogens (tertiary/aromatic N) is 4. The molecular formula is C9H8N4O3. The van der Waals surface area contributed by atoms with E-state index in [2.05, 4.69) is 15.4 Å². The second-order valence-corrected chi connectivity index (χ2v) is 3.05. The van der Waals surface area contributed by atoms with Gasteiger partial charge in [-0.1, -0.05) is 12.1 Å². The molecule has 0 atom stereocenters. The van der Waals surface area contributed by atoms with Crippen molar-refractivity contribution >= 4 is 5.97 Å². The molecule has 1 aromatic carbocycles. The molecular weight excluding hydrogens is 212 g/mol. The van der Waals surface area contributed by atoms with Crippen molar-refractivity contribution in [2.45, 2.75) is 6.54 Å². The van der Waals surface area contributed by atoms with Crippen molar-refractivity contribution in [2.75, 3.05) is 0 Å². The Morgan fingerprint density at radius 2 is 2.12 bits per heavy atom. The number of hydrogen-bond acceptors (Lipinski definition) is 5. The summed E-state index contributed by atoms with van der Waals surface area (Å²) in [6.07, 6.45) is 0. The van der Waals surface area contributed by atoms with E-state index in [0.717, 1.165) is 4.80 Å². The average molecular weight is 220 g/mol. The van der Waals surface area contributed by atoms with E-state index in [9.17, 15) is 9.90 Å². The SMILES string of the molecule is O=C(O)Cn1nnc(-c2ccccc2O)n1. The lowest BCUT2D eigenvalue weighted by atomic mass is 10.2. The molecule has 1 aromatic heterocycles. The maximum absolute atomic E-state index is 10.4. The highest BCUT2D eigenvalue weighted by Crippen LogP contribution is 2.24. The van der Waals surface area contributed by atoms with Crippen LogP contribution in [0.3, 0.4) is 0 Å². The lowest BCUT2D eigenvalue weighted by Gasteiger charge is -1.97. The third-order valence-corrected chi connectivity index (χ3v) is 1.87. The van der Waals surface area contributed by atoms with E-state index in [4.69, 9.17) is 5.11 Å². The fraction of sp³-hybridized carbons (Fsp3) is 0.111. The van der Waals surface area contributed by atoms with Crippen LogP contribution in [0.5, 0.6) is 5.75 Å². The Kier molecular flexibility index (Phi) is 2.50. The first kappa shape index (κ1) is 10.1. The molecule has 1 heterocycles. The molecule has 7 heteroatoms. The van der Waals surface area contributed by atoms with E-state index < -0.39 is 5.97 Å². The Morgan fingerprint density at radius 1 is 1.38 bits per heavy atom. The minimum atomic E-state index is -1.05. The topological polar surface area (TPSA) is 101 Å². The molecule has 2 aromatic rings. The lowest BCUT2D eigenvalue weighted by molar-refractivity contribution is -0.138. The van der Waals surface area contributed by atoms with Crippen LogP contribution in [0, 0.1) is 0 Å². The first-order valence-electron chi connectivity index (χ1n) is 4.45. The molecule has 7 nitrogen and oxygen atoms in total. The quantitative estimate of drug-likeness (QED) is 0.762. The lowest BCUT2D eigenvalue weighted by Crippen LogP contribution is -2.11. The molecule has 0 radical (unpaired) electrons. The minimum absolute atomic E-state index is 0.0253. The minimum Gasteiger partial charge on any atom is -0.507 e. The number of rotatable bonds is 3. The summed E-state index contributed by atoms with van der Waals surface area (Å²) in [7, 11) is 0. The van der Waals surface area contributed by atoms with Crippen LogP contribution in [0.1, 0.15) is 0 Å². The summed E-state index contributed by atoms with van der Waals surface area (Å²) in [5, 5.41) is 29.1. The molecule has 2 rings (SSSR count). The number of carboxylic acid groups (broad SMARTS) is 1. The third kappa shape index (κ3) is 1.97. The van der Waals surface area contributed by atoms with Crippen molar-refractivity contribution < 1.29 is 15.0 Å². The smallest absolute Gasteiger partial charge is 0.327 e. The van der Waals surface area contributed by atoms with Crippen molar-refractivity contribution in [1.29, 1.82) is 0 Å². The van der Waals surface area contributed by atoms with Crippen LogP contribution in [0.2, 0.25) is 0 Å². The fourth-order valence-corrected chi connectivity index (χ4v) is 1.20. The number of carboxylic acids is 1. The number of phenolic OH excluding ortho intramolecular Hbond substituents is 1. The first-order valence-corrected chi connectivity index (χ1v) is 4.45. The standard InChI is InChI=1S/C9H8N4O3/c14-7-4-2-1-3-6(7)9-10-12-13(11-9)5-8(15)16/h1-4,14H,5H2,(H,15,16). The van der Waals surface area contributed by atoms with Crippen molar-refractivity contribution in [3.8, 4) is 17.1 Å². The van der Waals surface area contributed by atoms with Gasteiger partial charge in [-0.05, 0) is 17.3 Å². The summed E-state index contributed by atoms with van der Waals surface area (Å²) < 4.78 is 0. The van der Waals surface area contributed by atoms with Gasteiger partial charge in [0.05, 0.1) is 5.56 Å². The number of tetrazole rings is 1. The average Bonchev–Trinajstić information content (AvgIpc) is 2.66. The second-order valence-electron chi connectivity index (χ2n) is 3.05. The van der Waals surface area contributed by atoms with Crippen LogP contribution in [0.15, 0.2) is 24.3 Å². The van der Waals surface area contributed by atoms with E-state index >= 15 is 0 Å². The number of benzene rings is 1. The molecule has 0 fully saturated rings. The molecule has 2 N–H and O–H groups in total. The predicted octanol–water partition coefficient (Wildman–Crippen LogP) is 0.130. The van der Waals surface area contributed by atoms with Crippen molar-refractivity contribution in [3.05, 3.63) is 24.3 Å². The van der Waals surface area contributed by atoms with Gasteiger partial charge in [0, 0.05) is 0 Å². The van der Waals surface area contributed by atoms with Crippen molar-refractivity contribution in [3.63, 3.8) is 0 Å². The highest BCUT2D eigenvalue weighted by molar-refractivity contribution is 5.66. The Balaban J connectivity index is 2.32. The first-order chi connectivity index (χ1) is 7.66. The Bertz CT molecular complexity index is 523. The van der Waals surface area contributed by atoms with E-state index in [1.807, 2.05) is 0 Å². The molecule has 82 valence electrons. The van der Waals surface area contributed by atoms with E-state index in [-0.39, 0.29) is 18.1 Å². The Morgan fingerprint density at radius 3 is 2.81 bits per heavy atom. The number of aromatic hydroxyl groups is 1. The number of hydrogen-bond donors (Lipinski definition) is 2. The predicted molar refractivity (Wildman–Crippen MR) is 52.6 cm³/mol. The molecule has 0 aliphatic rings. The molecule has 0 spiro atoms. The number of carbonyl (C=O) groups is 1. The van der Waals surface area contributed by atoms with E-state index in [1.54, 1.807) is 18.2 Å². The molecule has 0 bridgehead atoms. The van der Waals surface area contributed by atoms with Gasteiger partial charge in [0.1, 0.15) is 5.75 Å². The van der Waals surface area contributed by atoms with Crippen molar-refractivity contribution in [1.82, 2.24) is 20.2 Å². The molecule has 0 aliphatic carbocycles. The van der Waals surface area contributed by atoms with Crippen LogP contribution < -0.4 is 0 Å². The van der Waals surface area contributed by atoms with Gasteiger partial charge in [0.25, 0.3) is 0 Å². The highest BCUT2D eigenvalue weighted by atomic mass is 16.4. The third-order valence-electron chi connectivity index (χ3n) is 1.87. The van der Waals surface area contributed by atoms with Gasteiger partial charge in [-0.3, -0.25) is 4.79 Å². The van der Waals surface area contributed by atoms with Crippen LogP contribution in [-0.4, -0.2) is 36.4 Å². The molecule has 16 heavy (non-hydrogen) atoms.